The Hall–Kier alpha value is -0.359. The van der Waals surface area contributed by atoms with Crippen LogP contribution in [0.4, 0.5) is 0 Å². The first-order valence-electron chi connectivity index (χ1n) is 10.6. The van der Waals surface area contributed by atoms with Gasteiger partial charge >= 0.3 is 60.8 Å². The van der Waals surface area contributed by atoms with Crippen LogP contribution in [0.25, 0.3) is 0 Å². The van der Waals surface area contributed by atoms with E-state index in [-0.39, 0.29) is 72.2 Å². The SMILES string of the molecule is CCCCCC(C)OC(=O)c1cc(C(=O)OC(C)CCCCC)cc(S(=O)(=O)O)c1.[BaH2]. The van der Waals surface area contributed by atoms with E-state index in [4.69, 9.17) is 9.47 Å². The minimum absolute atomic E-state index is 0. The quantitative estimate of drug-likeness (QED) is 0.160. The summed E-state index contributed by atoms with van der Waals surface area (Å²) in [6.07, 6.45) is 6.59. The van der Waals surface area contributed by atoms with E-state index in [0.29, 0.717) is 12.8 Å². The number of rotatable bonds is 13. The summed E-state index contributed by atoms with van der Waals surface area (Å²) in [5.41, 5.74) is -0.254. The van der Waals surface area contributed by atoms with Gasteiger partial charge in [0, 0.05) is 0 Å². The number of hydrogen-bond acceptors (Lipinski definition) is 6. The van der Waals surface area contributed by atoms with Crippen molar-refractivity contribution < 1.29 is 32.0 Å². The standard InChI is InChI=1S/C22H34O7S.Ba.2H/c1-5-7-9-11-16(3)28-21(23)18-13-19(15-20(14-18)30(25,26)27)22(24)29-17(4)12-10-8-6-2;;;/h13-17H,5-12H2,1-4H3,(H,25,26,27);;;. The van der Waals surface area contributed by atoms with Crippen molar-refractivity contribution in [3.8, 4) is 0 Å². The molecule has 2 unspecified atom stereocenters. The Kier molecular flexibility index (Phi) is 15.3. The Morgan fingerprint density at radius 2 is 1.23 bits per heavy atom. The number of carbonyl (C=O) groups is 2. The van der Waals surface area contributed by atoms with Crippen molar-refractivity contribution in [2.45, 2.75) is 96.2 Å². The van der Waals surface area contributed by atoms with Crippen molar-refractivity contribution in [2.24, 2.45) is 0 Å². The van der Waals surface area contributed by atoms with Gasteiger partial charge in [-0.15, -0.1) is 0 Å². The molecule has 0 heterocycles. The molecule has 31 heavy (non-hydrogen) atoms. The van der Waals surface area contributed by atoms with Gasteiger partial charge in [0.1, 0.15) is 0 Å². The third-order valence-electron chi connectivity index (χ3n) is 4.72. The maximum absolute atomic E-state index is 12.5. The van der Waals surface area contributed by atoms with E-state index in [1.54, 1.807) is 13.8 Å². The first kappa shape index (κ1) is 30.6. The van der Waals surface area contributed by atoms with Crippen LogP contribution in [0.3, 0.4) is 0 Å². The Balaban J connectivity index is 0.00000900. The van der Waals surface area contributed by atoms with Crippen LogP contribution in [0.2, 0.25) is 0 Å². The number of unbranched alkanes of at least 4 members (excludes halogenated alkanes) is 4. The molecule has 1 N–H and O–H groups in total. The minimum atomic E-state index is -4.62. The molecule has 1 aromatic carbocycles. The van der Waals surface area contributed by atoms with Gasteiger partial charge in [0.25, 0.3) is 10.1 Å². The van der Waals surface area contributed by atoms with Gasteiger partial charge in [-0.05, 0) is 57.7 Å². The molecule has 0 aliphatic carbocycles. The van der Waals surface area contributed by atoms with Crippen LogP contribution in [0.1, 0.15) is 99.8 Å². The van der Waals surface area contributed by atoms with Crippen molar-refractivity contribution in [2.75, 3.05) is 0 Å². The van der Waals surface area contributed by atoms with E-state index in [2.05, 4.69) is 13.8 Å². The monoisotopic (exact) mass is 582 g/mol. The molecule has 0 amide bonds. The number of benzene rings is 1. The third kappa shape index (κ3) is 11.9. The van der Waals surface area contributed by atoms with Crippen LogP contribution in [-0.2, 0) is 19.6 Å². The summed E-state index contributed by atoms with van der Waals surface area (Å²) in [6, 6.07) is 3.23. The molecule has 0 fully saturated rings. The summed E-state index contributed by atoms with van der Waals surface area (Å²) in [5, 5.41) is 0. The van der Waals surface area contributed by atoms with Crippen molar-refractivity contribution >= 4 is 70.9 Å². The average molecular weight is 582 g/mol. The van der Waals surface area contributed by atoms with Crippen LogP contribution in [-0.4, -0.2) is 86.0 Å². The molecule has 0 bridgehead atoms. The van der Waals surface area contributed by atoms with Crippen molar-refractivity contribution in [3.05, 3.63) is 29.3 Å². The Morgan fingerprint density at radius 1 is 0.839 bits per heavy atom. The topological polar surface area (TPSA) is 107 Å². The molecule has 2 atom stereocenters. The van der Waals surface area contributed by atoms with Gasteiger partial charge in [-0.2, -0.15) is 8.42 Å². The van der Waals surface area contributed by atoms with Crippen LogP contribution in [0, 0.1) is 0 Å². The van der Waals surface area contributed by atoms with Crippen LogP contribution in [0.5, 0.6) is 0 Å². The van der Waals surface area contributed by atoms with Gasteiger partial charge in [-0.1, -0.05) is 39.5 Å². The van der Waals surface area contributed by atoms with Crippen molar-refractivity contribution in [1.29, 1.82) is 0 Å². The Labute approximate surface area is 226 Å². The van der Waals surface area contributed by atoms with Gasteiger partial charge in [-0.3, -0.25) is 4.55 Å². The second-order valence-electron chi connectivity index (χ2n) is 7.64. The number of carbonyl (C=O) groups excluding carboxylic acids is 2. The number of esters is 2. The molecule has 0 aromatic heterocycles. The molecule has 174 valence electrons. The van der Waals surface area contributed by atoms with E-state index in [9.17, 15) is 22.6 Å². The summed E-state index contributed by atoms with van der Waals surface area (Å²) in [7, 11) is -4.62. The first-order valence-corrected chi connectivity index (χ1v) is 12.1. The predicted octanol–water partition coefficient (Wildman–Crippen LogP) is 4.27. The fourth-order valence-corrected chi connectivity index (χ4v) is 3.52. The molecular weight excluding hydrogens is 546 g/mol. The fraction of sp³-hybridized carbons (Fsp3) is 0.636. The summed E-state index contributed by atoms with van der Waals surface area (Å²) in [4.78, 5) is 24.4. The second-order valence-corrected chi connectivity index (χ2v) is 9.07. The van der Waals surface area contributed by atoms with Gasteiger partial charge in [0.2, 0.25) is 0 Å². The Bertz CT molecular complexity index is 760. The Morgan fingerprint density at radius 3 is 1.55 bits per heavy atom. The zero-order chi connectivity index (χ0) is 22.7. The van der Waals surface area contributed by atoms with Crippen LogP contribution in [0.15, 0.2) is 23.1 Å². The molecule has 1 rings (SSSR count). The average Bonchev–Trinajstić information content (AvgIpc) is 2.67. The summed E-state index contributed by atoms with van der Waals surface area (Å²) < 4.78 is 43.4. The summed E-state index contributed by atoms with van der Waals surface area (Å²) in [5.74, 6) is -1.51. The van der Waals surface area contributed by atoms with Gasteiger partial charge in [0.15, 0.2) is 0 Å². The fourth-order valence-electron chi connectivity index (χ4n) is 2.97. The molecule has 9 heteroatoms. The van der Waals surface area contributed by atoms with E-state index >= 15 is 0 Å². The molecule has 0 aliphatic heterocycles. The molecular formula is C22H36BaO7S. The van der Waals surface area contributed by atoms with Crippen LogP contribution >= 0.6 is 0 Å². The van der Waals surface area contributed by atoms with Crippen molar-refractivity contribution in [3.63, 3.8) is 0 Å². The zero-order valence-electron chi connectivity index (χ0n) is 18.3. The van der Waals surface area contributed by atoms with Gasteiger partial charge in [-0.25, -0.2) is 9.59 Å². The molecule has 0 radical (unpaired) electrons. The maximum atomic E-state index is 12.5. The number of hydrogen-bond donors (Lipinski definition) is 1. The van der Waals surface area contributed by atoms with Crippen molar-refractivity contribution in [1.82, 2.24) is 0 Å². The first-order chi connectivity index (χ1) is 14.1. The van der Waals surface area contributed by atoms with E-state index < -0.39 is 27.0 Å². The molecule has 7 nitrogen and oxygen atoms in total. The number of ether oxygens (including phenoxy) is 2. The molecule has 0 aliphatic rings. The molecule has 0 saturated carbocycles. The third-order valence-corrected chi connectivity index (χ3v) is 5.55. The van der Waals surface area contributed by atoms with E-state index in [1.165, 1.54) is 6.07 Å². The molecule has 1 aromatic rings. The predicted molar refractivity (Wildman–Crippen MR) is 123 cm³/mol. The van der Waals surface area contributed by atoms with E-state index in [1.807, 2.05) is 0 Å². The van der Waals surface area contributed by atoms with Gasteiger partial charge in [0.05, 0.1) is 28.2 Å². The normalized spacial score (nSPS) is 13.1. The molecule has 0 saturated heterocycles. The summed E-state index contributed by atoms with van der Waals surface area (Å²) >= 11 is 0. The second kappa shape index (κ2) is 15.5. The van der Waals surface area contributed by atoms with Gasteiger partial charge < -0.3 is 9.47 Å². The zero-order valence-corrected chi connectivity index (χ0v) is 19.2. The van der Waals surface area contributed by atoms with E-state index in [0.717, 1.165) is 50.7 Å². The summed E-state index contributed by atoms with van der Waals surface area (Å²) in [6.45, 7) is 7.66. The van der Waals surface area contributed by atoms with Crippen LogP contribution < -0.4 is 0 Å². The molecule has 0 spiro atoms.